The largest absolute Gasteiger partial charge is 0.355 e. The molecule has 0 bridgehead atoms. The first kappa shape index (κ1) is 33.6. The third-order valence-electron chi connectivity index (χ3n) is 7.15. The van der Waals surface area contributed by atoms with E-state index in [4.69, 9.17) is 32.7 Å². The van der Waals surface area contributed by atoms with Gasteiger partial charge in [0.2, 0.25) is 11.7 Å². The molecule has 43 heavy (non-hydrogen) atoms. The molecular weight excluding hydrogens is 594 g/mol. The monoisotopic (exact) mass is 635 g/mol. The lowest BCUT2D eigenvalue weighted by molar-refractivity contribution is -0.290. The summed E-state index contributed by atoms with van der Waals surface area (Å²) in [6.45, 7) is 6.46. The maximum atomic E-state index is 12.5. The Bertz CT molecular complexity index is 1160. The van der Waals surface area contributed by atoms with Crippen LogP contribution in [0.4, 0.5) is 0 Å². The molecule has 0 aromatic carbocycles. The summed E-state index contributed by atoms with van der Waals surface area (Å²) in [4.78, 5) is 51.6. The number of hydrogen-bond donors (Lipinski definition) is 2. The summed E-state index contributed by atoms with van der Waals surface area (Å²) in [5, 5.41) is 3.16. The summed E-state index contributed by atoms with van der Waals surface area (Å²) in [6.07, 6.45) is 0.988. The maximum absolute atomic E-state index is 12.5. The van der Waals surface area contributed by atoms with Crippen LogP contribution in [0.25, 0.3) is 0 Å². The Kier molecular flexibility index (Phi) is 10.5. The van der Waals surface area contributed by atoms with Crippen LogP contribution in [0.15, 0.2) is 0 Å². The summed E-state index contributed by atoms with van der Waals surface area (Å²) in [5.41, 5.74) is 0. The molecule has 4 aliphatic rings. The molecule has 4 saturated heterocycles. The number of carbonyl (C=O) groups is 4. The van der Waals surface area contributed by atoms with Crippen molar-refractivity contribution in [3.05, 3.63) is 0 Å². The number of unbranched alkanes of at least 4 members (excludes halogenated alkanes) is 3. The molecule has 0 aliphatic carbocycles. The number of hydroxylamine groups is 2. The molecule has 4 fully saturated rings. The molecule has 4 heterocycles. The minimum absolute atomic E-state index is 0.0420. The molecule has 3 amide bonds. The van der Waals surface area contributed by atoms with E-state index in [9.17, 15) is 27.6 Å². The number of amides is 3. The Labute approximate surface area is 250 Å². The number of carbonyl (C=O) groups excluding carboxylic acids is 4. The third kappa shape index (κ3) is 8.91. The minimum Gasteiger partial charge on any atom is -0.355 e. The summed E-state index contributed by atoms with van der Waals surface area (Å²) >= 11 is 0. The Balaban J connectivity index is 1.08. The van der Waals surface area contributed by atoms with Gasteiger partial charge in [-0.15, -0.1) is 5.06 Å². The standard InChI is InChI=1S/C26H41N3O13S/c1-24(2)38-17-15-36-26(23(22(17)39-24)40-25(3,4)42-26)16-37-43(34,35)28-14-13-27-18(30)9-7-5-6-8-10-21(33)41-29-19(31)11-12-20(29)32/h17,22-23,28H,5-16H2,1-4H3,(H,27,30)/t17-,22-,23+,26+/m1/s1. The fraction of sp³-hybridized carbons (Fsp3) is 0.846. The lowest BCUT2D eigenvalue weighted by atomic mass is 9.98. The summed E-state index contributed by atoms with van der Waals surface area (Å²) in [5.74, 6) is -5.41. The highest BCUT2D eigenvalue weighted by atomic mass is 32.2. The van der Waals surface area contributed by atoms with Crippen molar-refractivity contribution in [1.29, 1.82) is 0 Å². The first-order valence-electron chi connectivity index (χ1n) is 14.5. The number of nitrogens with zero attached hydrogens (tertiary/aromatic N) is 1. The van der Waals surface area contributed by atoms with Crippen LogP contribution in [-0.4, -0.2) is 99.1 Å². The zero-order valence-corrected chi connectivity index (χ0v) is 25.7. The molecule has 4 aliphatic heterocycles. The topological polar surface area (TPSA) is 194 Å². The van der Waals surface area contributed by atoms with Crippen molar-refractivity contribution in [2.75, 3.05) is 26.3 Å². The van der Waals surface area contributed by atoms with Crippen molar-refractivity contribution in [3.63, 3.8) is 0 Å². The zero-order chi connectivity index (χ0) is 31.5. The van der Waals surface area contributed by atoms with Crippen molar-refractivity contribution < 1.29 is 60.3 Å². The van der Waals surface area contributed by atoms with Crippen LogP contribution in [0.2, 0.25) is 0 Å². The highest BCUT2D eigenvalue weighted by Gasteiger charge is 2.65. The Morgan fingerprint density at radius 2 is 1.60 bits per heavy atom. The van der Waals surface area contributed by atoms with Gasteiger partial charge in [0, 0.05) is 38.8 Å². The van der Waals surface area contributed by atoms with E-state index in [0.717, 1.165) is 0 Å². The lowest BCUT2D eigenvalue weighted by Gasteiger charge is -2.40. The van der Waals surface area contributed by atoms with Crippen LogP contribution < -0.4 is 10.0 Å². The van der Waals surface area contributed by atoms with Gasteiger partial charge in [-0.3, -0.25) is 18.6 Å². The number of hydrogen-bond acceptors (Lipinski definition) is 13. The second-order valence-electron chi connectivity index (χ2n) is 11.7. The van der Waals surface area contributed by atoms with Crippen LogP contribution >= 0.6 is 0 Å². The van der Waals surface area contributed by atoms with Crippen LogP contribution in [0, 0.1) is 0 Å². The van der Waals surface area contributed by atoms with Gasteiger partial charge in [0.25, 0.3) is 11.8 Å². The Morgan fingerprint density at radius 3 is 2.30 bits per heavy atom. The molecule has 244 valence electrons. The Morgan fingerprint density at radius 1 is 0.930 bits per heavy atom. The molecule has 0 radical (unpaired) electrons. The molecule has 16 nitrogen and oxygen atoms in total. The fourth-order valence-corrected chi connectivity index (χ4v) is 6.08. The van der Waals surface area contributed by atoms with E-state index in [0.29, 0.717) is 30.7 Å². The molecule has 0 aromatic rings. The minimum atomic E-state index is -4.22. The first-order chi connectivity index (χ1) is 20.1. The van der Waals surface area contributed by atoms with Crippen LogP contribution in [0.3, 0.4) is 0 Å². The van der Waals surface area contributed by atoms with Gasteiger partial charge in [0.15, 0.2) is 11.6 Å². The highest BCUT2D eigenvalue weighted by Crippen LogP contribution is 2.47. The van der Waals surface area contributed by atoms with Gasteiger partial charge >= 0.3 is 16.3 Å². The van der Waals surface area contributed by atoms with Crippen LogP contribution in [-0.2, 0) is 62.2 Å². The van der Waals surface area contributed by atoms with Gasteiger partial charge in [0.1, 0.15) is 24.9 Å². The summed E-state index contributed by atoms with van der Waals surface area (Å²) in [7, 11) is -4.22. The average Bonchev–Trinajstić information content (AvgIpc) is 3.51. The molecule has 0 unspecified atom stereocenters. The average molecular weight is 636 g/mol. The molecule has 0 saturated carbocycles. The van der Waals surface area contributed by atoms with E-state index in [1.165, 1.54) is 0 Å². The molecular formula is C26H41N3O13S. The van der Waals surface area contributed by atoms with Gasteiger partial charge in [-0.25, -0.2) is 4.79 Å². The number of rotatable bonds is 15. The molecule has 4 atom stereocenters. The molecule has 2 N–H and O–H groups in total. The zero-order valence-electron chi connectivity index (χ0n) is 24.9. The fourth-order valence-electron chi connectivity index (χ4n) is 5.33. The predicted molar refractivity (Wildman–Crippen MR) is 143 cm³/mol. The summed E-state index contributed by atoms with van der Waals surface area (Å²) in [6, 6.07) is 0. The molecule has 17 heteroatoms. The second kappa shape index (κ2) is 13.4. The number of imide groups is 1. The predicted octanol–water partition coefficient (Wildman–Crippen LogP) is 0.300. The van der Waals surface area contributed by atoms with E-state index in [1.54, 1.807) is 27.7 Å². The first-order valence-corrected chi connectivity index (χ1v) is 15.9. The molecule has 0 aromatic heterocycles. The van der Waals surface area contributed by atoms with E-state index < -0.39 is 70.4 Å². The number of nitrogens with one attached hydrogen (secondary N) is 2. The third-order valence-corrected chi connectivity index (χ3v) is 8.14. The number of fused-ring (bicyclic) bond motifs is 3. The smallest absolute Gasteiger partial charge is 0.336 e. The van der Waals surface area contributed by atoms with Gasteiger partial charge in [-0.05, 0) is 40.5 Å². The van der Waals surface area contributed by atoms with Crippen molar-refractivity contribution in [3.8, 4) is 0 Å². The van der Waals surface area contributed by atoms with E-state index in [2.05, 4.69) is 10.0 Å². The Hall–Kier alpha value is -2.25. The van der Waals surface area contributed by atoms with Crippen LogP contribution in [0.5, 0.6) is 0 Å². The van der Waals surface area contributed by atoms with Crippen molar-refractivity contribution >= 4 is 34.0 Å². The van der Waals surface area contributed by atoms with Crippen molar-refractivity contribution in [2.45, 2.75) is 115 Å². The van der Waals surface area contributed by atoms with Gasteiger partial charge in [-0.2, -0.15) is 13.1 Å². The quantitative estimate of drug-likeness (QED) is 0.184. The molecule has 4 rings (SSSR count). The van der Waals surface area contributed by atoms with Gasteiger partial charge in [-0.1, -0.05) is 12.8 Å². The second-order valence-corrected chi connectivity index (χ2v) is 13.2. The van der Waals surface area contributed by atoms with E-state index in [-0.39, 0.29) is 51.3 Å². The van der Waals surface area contributed by atoms with E-state index in [1.807, 2.05) is 0 Å². The molecule has 0 spiro atoms. The van der Waals surface area contributed by atoms with E-state index >= 15 is 0 Å². The number of ether oxygens (including phenoxy) is 5. The lowest BCUT2D eigenvalue weighted by Crippen LogP contribution is -2.60. The normalized spacial score (nSPS) is 29.4. The van der Waals surface area contributed by atoms with Crippen LogP contribution in [0.1, 0.15) is 79.1 Å². The summed E-state index contributed by atoms with van der Waals surface area (Å²) < 4.78 is 62.3. The SMILES string of the molecule is CC1(C)O[C@@H]2[C@@H](CO[C@@]3(COS(=O)(=O)NCCNC(=O)CCCCCCC(=O)ON4C(=O)CCC4=O)OC(C)(C)O[C@@H]23)O1. The maximum Gasteiger partial charge on any atom is 0.336 e. The van der Waals surface area contributed by atoms with Gasteiger partial charge < -0.3 is 33.8 Å². The van der Waals surface area contributed by atoms with Gasteiger partial charge in [0.05, 0.1) is 6.61 Å². The van der Waals surface area contributed by atoms with Crippen molar-refractivity contribution in [2.24, 2.45) is 0 Å². The van der Waals surface area contributed by atoms with Crippen molar-refractivity contribution in [1.82, 2.24) is 15.1 Å². The highest BCUT2D eigenvalue weighted by molar-refractivity contribution is 7.84.